The number of ether oxygens (including phenoxy) is 2. The average molecular weight is 277 g/mol. The summed E-state index contributed by atoms with van der Waals surface area (Å²) in [4.78, 5) is 24.8. The van der Waals surface area contributed by atoms with Gasteiger partial charge < -0.3 is 9.47 Å². The smallest absolute Gasteiger partial charge is 0.417 e. The van der Waals surface area contributed by atoms with Gasteiger partial charge in [0, 0.05) is 0 Å². The summed E-state index contributed by atoms with van der Waals surface area (Å²) < 4.78 is 10.3. The van der Waals surface area contributed by atoms with Crippen LogP contribution in [-0.4, -0.2) is 36.2 Å². The van der Waals surface area contributed by atoms with Gasteiger partial charge in [-0.05, 0) is 11.5 Å². The minimum absolute atomic E-state index is 0.118. The van der Waals surface area contributed by atoms with Gasteiger partial charge in [0.15, 0.2) is 0 Å². The van der Waals surface area contributed by atoms with Gasteiger partial charge in [-0.2, -0.15) is 0 Å². The monoisotopic (exact) mass is 277 g/mol. The van der Waals surface area contributed by atoms with Crippen molar-refractivity contribution in [3.05, 3.63) is 35.9 Å². The van der Waals surface area contributed by atoms with Gasteiger partial charge in [0.1, 0.15) is 13.2 Å². The molecule has 0 spiro atoms. The Hall–Kier alpha value is -1.88. The molecule has 0 aromatic heterocycles. The van der Waals surface area contributed by atoms with E-state index < -0.39 is 6.09 Å². The van der Waals surface area contributed by atoms with Crippen LogP contribution in [0.25, 0.3) is 0 Å². The summed E-state index contributed by atoms with van der Waals surface area (Å²) in [6.45, 7) is 4.41. The Morgan fingerprint density at radius 1 is 1.40 bits per heavy atom. The van der Waals surface area contributed by atoms with Crippen molar-refractivity contribution in [1.82, 2.24) is 4.90 Å². The van der Waals surface area contributed by atoms with Crippen molar-refractivity contribution in [1.29, 1.82) is 0 Å². The van der Waals surface area contributed by atoms with Crippen molar-refractivity contribution >= 4 is 12.0 Å². The summed E-state index contributed by atoms with van der Waals surface area (Å²) in [5, 5.41) is 0. The lowest BCUT2D eigenvalue weighted by molar-refractivity contribution is -0.135. The first kappa shape index (κ1) is 14.5. The molecule has 0 saturated carbocycles. The third-order valence-electron chi connectivity index (χ3n) is 3.28. The number of cyclic esters (lactones) is 1. The standard InChI is InChI=1S/C15H19NO4/c1-11(2)13-9-20-15(18)16(13)14(17)10-19-8-12-6-4-3-5-7-12/h3-7,11,13H,8-10H2,1-2H3. The highest BCUT2D eigenvalue weighted by Crippen LogP contribution is 2.19. The number of rotatable bonds is 5. The summed E-state index contributed by atoms with van der Waals surface area (Å²) >= 11 is 0. The van der Waals surface area contributed by atoms with E-state index in [2.05, 4.69) is 0 Å². The second-order valence-electron chi connectivity index (χ2n) is 5.13. The zero-order chi connectivity index (χ0) is 14.5. The zero-order valence-corrected chi connectivity index (χ0v) is 11.7. The van der Waals surface area contributed by atoms with E-state index in [-0.39, 0.29) is 31.1 Å². The van der Waals surface area contributed by atoms with Crippen LogP contribution < -0.4 is 0 Å². The SMILES string of the molecule is CC(C)C1COC(=O)N1C(=O)COCc1ccccc1. The highest BCUT2D eigenvalue weighted by Gasteiger charge is 2.39. The van der Waals surface area contributed by atoms with Crippen LogP contribution in [0.4, 0.5) is 4.79 Å². The molecule has 0 N–H and O–H groups in total. The van der Waals surface area contributed by atoms with Gasteiger partial charge in [0.2, 0.25) is 0 Å². The molecule has 1 aromatic carbocycles. The maximum absolute atomic E-state index is 12.1. The van der Waals surface area contributed by atoms with E-state index in [1.54, 1.807) is 0 Å². The first-order valence-electron chi connectivity index (χ1n) is 6.70. The molecule has 108 valence electrons. The van der Waals surface area contributed by atoms with Crippen LogP contribution in [0.2, 0.25) is 0 Å². The lowest BCUT2D eigenvalue weighted by Gasteiger charge is -2.22. The molecule has 5 heteroatoms. The molecule has 1 unspecified atom stereocenters. The fourth-order valence-electron chi connectivity index (χ4n) is 2.11. The second kappa shape index (κ2) is 6.52. The van der Waals surface area contributed by atoms with Gasteiger partial charge in [0.05, 0.1) is 12.6 Å². The molecule has 1 fully saturated rings. The number of amides is 2. The Bertz CT molecular complexity index is 472. The summed E-state index contributed by atoms with van der Waals surface area (Å²) in [6.07, 6.45) is -0.572. The van der Waals surface area contributed by atoms with Gasteiger partial charge in [-0.15, -0.1) is 0 Å². The van der Waals surface area contributed by atoms with E-state index in [1.165, 1.54) is 4.90 Å². The molecule has 5 nitrogen and oxygen atoms in total. The Kier molecular flexibility index (Phi) is 4.74. The maximum Gasteiger partial charge on any atom is 0.417 e. The van der Waals surface area contributed by atoms with E-state index in [1.807, 2.05) is 44.2 Å². The molecular formula is C15H19NO4. The van der Waals surface area contributed by atoms with E-state index in [0.717, 1.165) is 5.56 Å². The van der Waals surface area contributed by atoms with Crippen molar-refractivity contribution in [3.63, 3.8) is 0 Å². The Balaban J connectivity index is 1.86. The molecule has 1 aliphatic rings. The molecule has 1 heterocycles. The number of carbonyl (C=O) groups is 2. The van der Waals surface area contributed by atoms with Gasteiger partial charge in [-0.25, -0.2) is 9.69 Å². The summed E-state index contributed by atoms with van der Waals surface area (Å²) in [7, 11) is 0. The number of hydrogen-bond donors (Lipinski definition) is 0. The predicted octanol–water partition coefficient (Wildman–Crippen LogP) is 2.21. The zero-order valence-electron chi connectivity index (χ0n) is 11.7. The van der Waals surface area contributed by atoms with Crippen molar-refractivity contribution in [3.8, 4) is 0 Å². The van der Waals surface area contributed by atoms with Gasteiger partial charge >= 0.3 is 6.09 Å². The van der Waals surface area contributed by atoms with E-state index in [9.17, 15) is 9.59 Å². The maximum atomic E-state index is 12.1. The van der Waals surface area contributed by atoms with Crippen LogP contribution in [0.5, 0.6) is 0 Å². The van der Waals surface area contributed by atoms with Crippen LogP contribution in [-0.2, 0) is 20.9 Å². The molecule has 2 rings (SSSR count). The number of carbonyl (C=O) groups excluding carboxylic acids is 2. The molecule has 0 aliphatic carbocycles. The lowest BCUT2D eigenvalue weighted by Crippen LogP contribution is -2.43. The average Bonchev–Trinajstić information content (AvgIpc) is 2.82. The molecule has 0 radical (unpaired) electrons. The molecule has 1 saturated heterocycles. The van der Waals surface area contributed by atoms with Crippen LogP contribution >= 0.6 is 0 Å². The molecule has 1 atom stereocenters. The molecular weight excluding hydrogens is 258 g/mol. The van der Waals surface area contributed by atoms with Gasteiger partial charge in [-0.1, -0.05) is 44.2 Å². The minimum Gasteiger partial charge on any atom is -0.447 e. The van der Waals surface area contributed by atoms with Crippen molar-refractivity contribution in [2.75, 3.05) is 13.2 Å². The highest BCUT2D eigenvalue weighted by molar-refractivity contribution is 5.94. The number of nitrogens with zero attached hydrogens (tertiary/aromatic N) is 1. The molecule has 1 aromatic rings. The minimum atomic E-state index is -0.572. The summed E-state index contributed by atoms with van der Waals surface area (Å²) in [6, 6.07) is 9.38. The second-order valence-corrected chi connectivity index (χ2v) is 5.13. The van der Waals surface area contributed by atoms with Crippen LogP contribution in [0.1, 0.15) is 19.4 Å². The Morgan fingerprint density at radius 2 is 2.10 bits per heavy atom. The van der Waals surface area contributed by atoms with E-state index >= 15 is 0 Å². The first-order valence-corrected chi connectivity index (χ1v) is 6.70. The summed E-state index contributed by atoms with van der Waals surface area (Å²) in [5.74, 6) is -0.179. The van der Waals surface area contributed by atoms with E-state index in [0.29, 0.717) is 6.61 Å². The third kappa shape index (κ3) is 3.36. The Labute approximate surface area is 118 Å². The van der Waals surface area contributed by atoms with Crippen molar-refractivity contribution < 1.29 is 19.1 Å². The molecule has 1 aliphatic heterocycles. The highest BCUT2D eigenvalue weighted by atomic mass is 16.6. The van der Waals surface area contributed by atoms with Crippen molar-refractivity contribution in [2.24, 2.45) is 5.92 Å². The third-order valence-corrected chi connectivity index (χ3v) is 3.28. The number of imide groups is 1. The first-order chi connectivity index (χ1) is 9.59. The van der Waals surface area contributed by atoms with Crippen LogP contribution in [0.3, 0.4) is 0 Å². The molecule has 20 heavy (non-hydrogen) atoms. The lowest BCUT2D eigenvalue weighted by atomic mass is 10.0. The van der Waals surface area contributed by atoms with Gasteiger partial charge in [0.25, 0.3) is 5.91 Å². The number of benzene rings is 1. The van der Waals surface area contributed by atoms with Crippen LogP contribution in [0, 0.1) is 5.92 Å². The van der Waals surface area contributed by atoms with Gasteiger partial charge in [-0.3, -0.25) is 4.79 Å². The fourth-order valence-corrected chi connectivity index (χ4v) is 2.11. The topological polar surface area (TPSA) is 55.8 Å². The predicted molar refractivity (Wildman–Crippen MR) is 72.9 cm³/mol. The summed E-state index contributed by atoms with van der Waals surface area (Å²) in [5.41, 5.74) is 0.990. The molecule has 2 amide bonds. The Morgan fingerprint density at radius 3 is 2.75 bits per heavy atom. The van der Waals surface area contributed by atoms with E-state index in [4.69, 9.17) is 9.47 Å². The van der Waals surface area contributed by atoms with Crippen LogP contribution in [0.15, 0.2) is 30.3 Å². The largest absolute Gasteiger partial charge is 0.447 e. The normalized spacial score (nSPS) is 18.4. The number of hydrogen-bond acceptors (Lipinski definition) is 4. The fraction of sp³-hybridized carbons (Fsp3) is 0.467. The molecule has 0 bridgehead atoms. The quantitative estimate of drug-likeness (QED) is 0.828. The van der Waals surface area contributed by atoms with Crippen molar-refractivity contribution in [2.45, 2.75) is 26.5 Å².